The summed E-state index contributed by atoms with van der Waals surface area (Å²) in [5, 5.41) is 9.32. The molecule has 5 nitrogen and oxygen atoms in total. The van der Waals surface area contributed by atoms with E-state index >= 15 is 0 Å². The summed E-state index contributed by atoms with van der Waals surface area (Å²) in [7, 11) is -3.39. The third-order valence-electron chi connectivity index (χ3n) is 3.48. The van der Waals surface area contributed by atoms with Gasteiger partial charge in [-0.15, -0.1) is 0 Å². The van der Waals surface area contributed by atoms with Gasteiger partial charge in [-0.05, 0) is 37.5 Å². The van der Waals surface area contributed by atoms with Crippen molar-refractivity contribution in [3.63, 3.8) is 0 Å². The number of anilines is 1. The number of sulfone groups is 1. The number of aromatic carboxylic acids is 1. The Balaban J connectivity index is 2.45. The van der Waals surface area contributed by atoms with E-state index < -0.39 is 15.8 Å². The van der Waals surface area contributed by atoms with Crippen LogP contribution in [0.25, 0.3) is 0 Å². The predicted octanol–water partition coefficient (Wildman–Crippen LogP) is 2.17. The lowest BCUT2D eigenvalue weighted by molar-refractivity contribution is 0.0697. The molecule has 0 aromatic heterocycles. The Labute approximate surface area is 119 Å². The first-order valence-corrected chi connectivity index (χ1v) is 8.46. The minimum absolute atomic E-state index is 0.0368. The van der Waals surface area contributed by atoms with Crippen LogP contribution in [0, 0.1) is 0 Å². The molecule has 1 aliphatic rings. The van der Waals surface area contributed by atoms with Crippen LogP contribution in [-0.2, 0) is 9.84 Å². The quantitative estimate of drug-likeness (QED) is 0.901. The summed E-state index contributed by atoms with van der Waals surface area (Å²) in [6.45, 7) is 3.43. The van der Waals surface area contributed by atoms with E-state index in [1.54, 1.807) is 13.0 Å². The zero-order valence-electron chi connectivity index (χ0n) is 11.5. The maximum Gasteiger partial charge on any atom is 0.337 e. The summed E-state index contributed by atoms with van der Waals surface area (Å²) in [6.07, 6.45) is 2.59. The van der Waals surface area contributed by atoms with Gasteiger partial charge in [-0.3, -0.25) is 0 Å². The molecular weight excluding hydrogens is 278 g/mol. The highest BCUT2D eigenvalue weighted by atomic mass is 32.2. The average Bonchev–Trinajstić information content (AvgIpc) is 2.91. The number of nitrogens with zero attached hydrogens (tertiary/aromatic N) is 1. The Bertz CT molecular complexity index is 604. The fraction of sp³-hybridized carbons (Fsp3) is 0.500. The van der Waals surface area contributed by atoms with Crippen LogP contribution in [0.1, 0.15) is 36.5 Å². The van der Waals surface area contributed by atoms with E-state index in [1.807, 2.05) is 4.90 Å². The monoisotopic (exact) mass is 297 g/mol. The Kier molecular flexibility index (Phi) is 4.32. The van der Waals surface area contributed by atoms with Crippen molar-refractivity contribution in [2.75, 3.05) is 23.7 Å². The lowest BCUT2D eigenvalue weighted by Gasteiger charge is -2.20. The fourth-order valence-corrected chi connectivity index (χ4v) is 3.85. The molecule has 0 unspecified atom stereocenters. The smallest absolute Gasteiger partial charge is 0.337 e. The van der Waals surface area contributed by atoms with Crippen LogP contribution in [0.3, 0.4) is 0 Å². The second kappa shape index (κ2) is 5.83. The zero-order valence-corrected chi connectivity index (χ0v) is 12.3. The molecule has 0 bridgehead atoms. The Hall–Kier alpha value is -1.56. The van der Waals surface area contributed by atoms with Crippen molar-refractivity contribution in [3.8, 4) is 0 Å². The second-order valence-corrected chi connectivity index (χ2v) is 7.11. The van der Waals surface area contributed by atoms with Crippen LogP contribution in [0.15, 0.2) is 23.1 Å². The zero-order chi connectivity index (χ0) is 14.8. The van der Waals surface area contributed by atoms with Crippen LogP contribution in [0.5, 0.6) is 0 Å². The van der Waals surface area contributed by atoms with Crippen molar-refractivity contribution in [2.45, 2.75) is 31.1 Å². The normalized spacial score (nSPS) is 15.6. The largest absolute Gasteiger partial charge is 0.478 e. The highest BCUT2D eigenvalue weighted by Gasteiger charge is 2.22. The van der Waals surface area contributed by atoms with Crippen molar-refractivity contribution < 1.29 is 18.3 Å². The SMILES string of the molecule is CCCS(=O)(=O)c1ccc(N2CCCC2)c(C(=O)O)c1. The molecule has 20 heavy (non-hydrogen) atoms. The lowest BCUT2D eigenvalue weighted by atomic mass is 10.1. The van der Waals surface area contributed by atoms with Gasteiger partial charge < -0.3 is 10.0 Å². The second-order valence-electron chi connectivity index (χ2n) is 5.00. The van der Waals surface area contributed by atoms with Gasteiger partial charge in [0.05, 0.1) is 21.9 Å². The molecule has 1 aromatic carbocycles. The summed E-state index contributed by atoms with van der Waals surface area (Å²) in [6, 6.07) is 4.43. The fourth-order valence-electron chi connectivity index (χ4n) is 2.50. The first-order chi connectivity index (χ1) is 9.45. The van der Waals surface area contributed by atoms with Crippen molar-refractivity contribution in [1.82, 2.24) is 0 Å². The molecule has 1 N–H and O–H groups in total. The molecule has 0 aliphatic carbocycles. The van der Waals surface area contributed by atoms with Gasteiger partial charge in [0.25, 0.3) is 0 Å². The topological polar surface area (TPSA) is 74.7 Å². The molecule has 0 atom stereocenters. The van der Waals surface area contributed by atoms with Gasteiger partial charge in [0.15, 0.2) is 9.84 Å². The minimum Gasteiger partial charge on any atom is -0.478 e. The molecular formula is C14H19NO4S. The van der Waals surface area contributed by atoms with E-state index in [-0.39, 0.29) is 16.2 Å². The Morgan fingerprint density at radius 2 is 1.95 bits per heavy atom. The maximum atomic E-state index is 12.0. The third-order valence-corrected chi connectivity index (χ3v) is 5.40. The maximum absolute atomic E-state index is 12.0. The molecule has 0 spiro atoms. The summed E-state index contributed by atoms with van der Waals surface area (Å²) < 4.78 is 24.1. The van der Waals surface area contributed by atoms with Crippen LogP contribution in [-0.4, -0.2) is 38.3 Å². The first-order valence-electron chi connectivity index (χ1n) is 6.81. The molecule has 1 saturated heterocycles. The van der Waals surface area contributed by atoms with Crippen molar-refractivity contribution in [1.29, 1.82) is 0 Å². The average molecular weight is 297 g/mol. The van der Waals surface area contributed by atoms with Gasteiger partial charge in [0.2, 0.25) is 0 Å². The van der Waals surface area contributed by atoms with Gasteiger partial charge in [-0.1, -0.05) is 6.92 Å². The molecule has 6 heteroatoms. The molecule has 0 saturated carbocycles. The van der Waals surface area contributed by atoms with Crippen LogP contribution in [0.2, 0.25) is 0 Å². The molecule has 1 aromatic rings. The Morgan fingerprint density at radius 3 is 2.50 bits per heavy atom. The summed E-state index contributed by atoms with van der Waals surface area (Å²) >= 11 is 0. The van der Waals surface area contributed by atoms with E-state index in [0.29, 0.717) is 12.1 Å². The summed E-state index contributed by atoms with van der Waals surface area (Å²) in [5.41, 5.74) is 0.689. The molecule has 1 heterocycles. The van der Waals surface area contributed by atoms with Crippen molar-refractivity contribution >= 4 is 21.5 Å². The van der Waals surface area contributed by atoms with Crippen LogP contribution >= 0.6 is 0 Å². The lowest BCUT2D eigenvalue weighted by Crippen LogP contribution is -2.21. The molecule has 1 aliphatic heterocycles. The van der Waals surface area contributed by atoms with E-state index in [2.05, 4.69) is 0 Å². The van der Waals surface area contributed by atoms with Gasteiger partial charge in [0.1, 0.15) is 0 Å². The molecule has 1 fully saturated rings. The van der Waals surface area contributed by atoms with Gasteiger partial charge >= 0.3 is 5.97 Å². The number of hydrogen-bond acceptors (Lipinski definition) is 4. The number of benzene rings is 1. The molecule has 0 radical (unpaired) electrons. The van der Waals surface area contributed by atoms with Crippen molar-refractivity contribution in [2.24, 2.45) is 0 Å². The van der Waals surface area contributed by atoms with E-state index in [9.17, 15) is 18.3 Å². The highest BCUT2D eigenvalue weighted by Crippen LogP contribution is 2.27. The standard InChI is InChI=1S/C14H19NO4S/c1-2-9-20(18,19)11-5-6-13(12(10-11)14(16)17)15-7-3-4-8-15/h5-6,10H,2-4,7-9H2,1H3,(H,16,17). The summed E-state index contributed by atoms with van der Waals surface area (Å²) in [4.78, 5) is 13.5. The van der Waals surface area contributed by atoms with Crippen molar-refractivity contribution in [3.05, 3.63) is 23.8 Å². The summed E-state index contributed by atoms with van der Waals surface area (Å²) in [5.74, 6) is -1.05. The minimum atomic E-state index is -3.39. The van der Waals surface area contributed by atoms with Crippen LogP contribution in [0.4, 0.5) is 5.69 Å². The number of carboxylic acid groups (broad SMARTS) is 1. The molecule has 0 amide bonds. The van der Waals surface area contributed by atoms with Gasteiger partial charge in [-0.25, -0.2) is 13.2 Å². The van der Waals surface area contributed by atoms with E-state index in [4.69, 9.17) is 0 Å². The molecule has 110 valence electrons. The Morgan fingerprint density at radius 1 is 1.30 bits per heavy atom. The van der Waals surface area contributed by atoms with Gasteiger partial charge in [-0.2, -0.15) is 0 Å². The third kappa shape index (κ3) is 2.95. The van der Waals surface area contributed by atoms with Crippen LogP contribution < -0.4 is 4.90 Å². The predicted molar refractivity (Wildman–Crippen MR) is 77.2 cm³/mol. The number of carboxylic acids is 1. The first kappa shape index (κ1) is 14.8. The van der Waals surface area contributed by atoms with Gasteiger partial charge in [0, 0.05) is 13.1 Å². The number of carbonyl (C=O) groups is 1. The number of hydrogen-bond donors (Lipinski definition) is 1. The van der Waals surface area contributed by atoms with E-state index in [1.165, 1.54) is 12.1 Å². The highest BCUT2D eigenvalue weighted by molar-refractivity contribution is 7.91. The van der Waals surface area contributed by atoms with E-state index in [0.717, 1.165) is 25.9 Å². The molecule has 2 rings (SSSR count). The number of rotatable bonds is 5.